The highest BCUT2D eigenvalue weighted by Crippen LogP contribution is 2.36. The van der Waals surface area contributed by atoms with Gasteiger partial charge in [-0.25, -0.2) is 9.98 Å². The molecule has 0 bridgehead atoms. The van der Waals surface area contributed by atoms with Crippen LogP contribution in [0.1, 0.15) is 40.5 Å². The Labute approximate surface area is 135 Å². The van der Waals surface area contributed by atoms with Crippen LogP contribution in [0.2, 0.25) is 0 Å². The molecule has 0 saturated heterocycles. The van der Waals surface area contributed by atoms with Gasteiger partial charge in [0.05, 0.1) is 0 Å². The maximum atomic E-state index is 12.6. The molecule has 0 aliphatic heterocycles. The van der Waals surface area contributed by atoms with Crippen LogP contribution in [0.15, 0.2) is 39.1 Å². The normalized spacial score (nSPS) is 16.4. The number of amides is 1. The van der Waals surface area contributed by atoms with Crippen LogP contribution in [0.5, 0.6) is 0 Å². The molecule has 0 radical (unpaired) electrons. The quantitative estimate of drug-likeness (QED) is 0.479. The Kier molecular flexibility index (Phi) is 4.81. The zero-order valence-electron chi connectivity index (χ0n) is 13.5. The van der Waals surface area contributed by atoms with Crippen molar-refractivity contribution in [2.75, 3.05) is 5.32 Å². The first-order chi connectivity index (χ1) is 10.4. The summed E-state index contributed by atoms with van der Waals surface area (Å²) in [6.45, 7) is 11.5. The summed E-state index contributed by atoms with van der Waals surface area (Å²) >= 11 is 1.39. The molecule has 2 N–H and O–H groups in total. The number of allylic oxidation sites excluding steroid dienone is 1. The average Bonchev–Trinajstić information content (AvgIpc) is 2.96. The van der Waals surface area contributed by atoms with Crippen LogP contribution in [-0.4, -0.2) is 23.1 Å². The minimum absolute atomic E-state index is 0.0797. The van der Waals surface area contributed by atoms with Crippen LogP contribution >= 0.6 is 11.3 Å². The van der Waals surface area contributed by atoms with E-state index in [-0.39, 0.29) is 11.4 Å². The van der Waals surface area contributed by atoms with E-state index in [9.17, 15) is 4.79 Å². The molecule has 1 saturated carbocycles. The molecule has 1 amide bonds. The molecule has 2 rings (SSSR count). The van der Waals surface area contributed by atoms with Crippen LogP contribution in [-0.2, 0) is 4.79 Å². The number of rotatable bonds is 6. The fourth-order valence-electron chi connectivity index (χ4n) is 2.19. The van der Waals surface area contributed by atoms with Gasteiger partial charge in [0.2, 0.25) is 0 Å². The van der Waals surface area contributed by atoms with Gasteiger partial charge < -0.3 is 5.32 Å². The fraction of sp³-hybridized carbons (Fsp3) is 0.438. The smallest absolute Gasteiger partial charge is 0.257 e. The predicted molar refractivity (Wildman–Crippen MR) is 92.1 cm³/mol. The highest BCUT2D eigenvalue weighted by atomic mass is 32.1. The molecular weight excluding hydrogens is 296 g/mol. The highest BCUT2D eigenvalue weighted by molar-refractivity contribution is 7.13. The van der Waals surface area contributed by atoms with Gasteiger partial charge in [-0.1, -0.05) is 5.57 Å². The van der Waals surface area contributed by atoms with E-state index in [1.54, 1.807) is 6.20 Å². The molecule has 0 spiro atoms. The van der Waals surface area contributed by atoms with E-state index in [1.165, 1.54) is 11.3 Å². The molecule has 22 heavy (non-hydrogen) atoms. The number of carbonyl (C=O) groups is 1. The molecule has 1 heterocycles. The number of hydrogen-bond donors (Lipinski definition) is 2. The van der Waals surface area contributed by atoms with E-state index < -0.39 is 0 Å². The van der Waals surface area contributed by atoms with Crippen LogP contribution < -0.4 is 10.6 Å². The molecular formula is C16H22N4OS. The van der Waals surface area contributed by atoms with Crippen molar-refractivity contribution in [1.29, 1.82) is 0 Å². The summed E-state index contributed by atoms with van der Waals surface area (Å²) in [5.74, 6) is 0.502. The predicted octanol–water partition coefficient (Wildman–Crippen LogP) is 3.49. The van der Waals surface area contributed by atoms with E-state index in [1.807, 2.05) is 26.2 Å². The number of carbonyl (C=O) groups excluding carboxylic acids is 1. The first-order valence-electron chi connectivity index (χ1n) is 7.21. The monoisotopic (exact) mass is 318 g/mol. The van der Waals surface area contributed by atoms with E-state index >= 15 is 0 Å². The number of thiazole rings is 1. The molecule has 5 nitrogen and oxygen atoms in total. The third kappa shape index (κ3) is 3.82. The van der Waals surface area contributed by atoms with Crippen molar-refractivity contribution >= 4 is 29.1 Å². The van der Waals surface area contributed by atoms with E-state index in [4.69, 9.17) is 0 Å². The number of hydrogen-bond acceptors (Lipinski definition) is 5. The maximum Gasteiger partial charge on any atom is 0.257 e. The third-order valence-corrected chi connectivity index (χ3v) is 4.38. The number of anilines is 1. The van der Waals surface area contributed by atoms with Gasteiger partial charge in [-0.3, -0.25) is 10.1 Å². The number of aliphatic imine (C=N–C) groups is 1. The molecule has 6 heteroatoms. The lowest BCUT2D eigenvalue weighted by molar-refractivity contribution is -0.112. The Balaban J connectivity index is 2.28. The van der Waals surface area contributed by atoms with Gasteiger partial charge in [-0.2, -0.15) is 0 Å². The van der Waals surface area contributed by atoms with Gasteiger partial charge in [0, 0.05) is 28.3 Å². The minimum atomic E-state index is -0.170. The van der Waals surface area contributed by atoms with Crippen molar-refractivity contribution in [3.05, 3.63) is 34.1 Å². The largest absolute Gasteiger partial charge is 0.365 e. The lowest BCUT2D eigenvalue weighted by Crippen LogP contribution is -2.28. The van der Waals surface area contributed by atoms with Crippen molar-refractivity contribution in [2.24, 2.45) is 4.99 Å². The fourth-order valence-corrected chi connectivity index (χ4v) is 2.71. The van der Waals surface area contributed by atoms with E-state index in [0.29, 0.717) is 16.5 Å². The standard InChI is InChI=1S/C16H22N4OS/c1-10(2)12(14(21)19-15-18-8-9-22-15)11(3)13(17-5)20-16(4)6-7-16/h8-9,20H,5-7H2,1-4H3,(H,18,19,21)/b13-11-. The van der Waals surface area contributed by atoms with Crippen molar-refractivity contribution in [3.63, 3.8) is 0 Å². The van der Waals surface area contributed by atoms with Gasteiger partial charge in [0.15, 0.2) is 5.13 Å². The molecule has 1 aliphatic rings. The summed E-state index contributed by atoms with van der Waals surface area (Å²) in [6, 6.07) is 0. The second kappa shape index (κ2) is 6.44. The van der Waals surface area contributed by atoms with E-state index in [0.717, 1.165) is 24.0 Å². The first kappa shape index (κ1) is 16.4. The summed E-state index contributed by atoms with van der Waals surface area (Å²) in [5.41, 5.74) is 2.43. The topological polar surface area (TPSA) is 66.4 Å². The molecule has 0 atom stereocenters. The van der Waals surface area contributed by atoms with Crippen molar-refractivity contribution in [2.45, 2.75) is 46.1 Å². The summed E-state index contributed by atoms with van der Waals surface area (Å²) in [6.07, 6.45) is 3.88. The van der Waals surface area contributed by atoms with E-state index in [2.05, 4.69) is 34.3 Å². The van der Waals surface area contributed by atoms with Crippen LogP contribution in [0.4, 0.5) is 5.13 Å². The Morgan fingerprint density at radius 2 is 2.09 bits per heavy atom. The molecule has 0 aromatic carbocycles. The second-order valence-electron chi connectivity index (χ2n) is 5.98. The van der Waals surface area contributed by atoms with Gasteiger partial charge >= 0.3 is 0 Å². The van der Waals surface area contributed by atoms with Crippen LogP contribution in [0, 0.1) is 0 Å². The second-order valence-corrected chi connectivity index (χ2v) is 6.88. The summed E-state index contributed by atoms with van der Waals surface area (Å²) in [5, 5.41) is 8.63. The molecule has 118 valence electrons. The zero-order chi connectivity index (χ0) is 16.3. The lowest BCUT2D eigenvalue weighted by Gasteiger charge is -2.18. The molecule has 1 aromatic rings. The van der Waals surface area contributed by atoms with Crippen molar-refractivity contribution < 1.29 is 4.79 Å². The lowest BCUT2D eigenvalue weighted by atomic mass is 10.0. The van der Waals surface area contributed by atoms with Gasteiger partial charge in [0.1, 0.15) is 5.82 Å². The Hall–Kier alpha value is -1.95. The minimum Gasteiger partial charge on any atom is -0.365 e. The first-order valence-corrected chi connectivity index (χ1v) is 8.09. The van der Waals surface area contributed by atoms with Crippen LogP contribution in [0.3, 0.4) is 0 Å². The third-order valence-electron chi connectivity index (χ3n) is 3.69. The number of nitrogens with one attached hydrogen (secondary N) is 2. The average molecular weight is 318 g/mol. The van der Waals surface area contributed by atoms with Crippen molar-refractivity contribution in [3.8, 4) is 0 Å². The maximum absolute atomic E-state index is 12.6. The van der Waals surface area contributed by atoms with Gasteiger partial charge in [-0.15, -0.1) is 11.3 Å². The Morgan fingerprint density at radius 3 is 2.55 bits per heavy atom. The van der Waals surface area contributed by atoms with Crippen LogP contribution in [0.25, 0.3) is 0 Å². The Morgan fingerprint density at radius 1 is 1.41 bits per heavy atom. The number of aromatic nitrogens is 1. The summed E-state index contributed by atoms with van der Waals surface area (Å²) in [4.78, 5) is 20.7. The van der Waals surface area contributed by atoms with Gasteiger partial charge in [-0.05, 0) is 47.3 Å². The number of nitrogens with zero attached hydrogens (tertiary/aromatic N) is 2. The summed E-state index contributed by atoms with van der Waals surface area (Å²) < 4.78 is 0. The zero-order valence-corrected chi connectivity index (χ0v) is 14.3. The molecule has 1 fully saturated rings. The summed E-state index contributed by atoms with van der Waals surface area (Å²) in [7, 11) is 0. The SMILES string of the molecule is C=N/C(NC1(C)CC1)=C(\C)C(C(=O)Nc1nccs1)=C(C)C. The highest BCUT2D eigenvalue weighted by Gasteiger charge is 2.38. The molecule has 1 aromatic heterocycles. The Bertz CT molecular complexity index is 635. The van der Waals surface area contributed by atoms with Crippen molar-refractivity contribution in [1.82, 2.24) is 10.3 Å². The van der Waals surface area contributed by atoms with Gasteiger partial charge in [0.25, 0.3) is 5.91 Å². The molecule has 1 aliphatic carbocycles. The molecule has 0 unspecified atom stereocenters.